The van der Waals surface area contributed by atoms with Crippen LogP contribution in [0.1, 0.15) is 23.0 Å². The number of anilines is 1. The first-order chi connectivity index (χ1) is 11.9. The first-order valence-electron chi connectivity index (χ1n) is 7.16. The van der Waals surface area contributed by atoms with Crippen molar-refractivity contribution in [1.29, 1.82) is 0 Å². The van der Waals surface area contributed by atoms with E-state index in [2.05, 4.69) is 36.2 Å². The van der Waals surface area contributed by atoms with Crippen LogP contribution in [0, 0.1) is 5.82 Å². The van der Waals surface area contributed by atoms with Crippen LogP contribution in [0.4, 0.5) is 10.1 Å². The molecule has 0 saturated heterocycles. The molecule has 25 heavy (non-hydrogen) atoms. The first-order valence-corrected chi connectivity index (χ1v) is 8.83. The highest BCUT2D eigenvalue weighted by molar-refractivity contribution is 9.10. The number of amides is 1. The molecule has 1 atom stereocenters. The summed E-state index contributed by atoms with van der Waals surface area (Å²) in [5, 5.41) is 4.80. The second-order valence-electron chi connectivity index (χ2n) is 5.39. The van der Waals surface area contributed by atoms with Crippen LogP contribution < -0.4 is 11.1 Å². The smallest absolute Gasteiger partial charge is 0.275 e. The van der Waals surface area contributed by atoms with Gasteiger partial charge in [0.2, 0.25) is 0 Å². The molecule has 9 heteroatoms. The van der Waals surface area contributed by atoms with Crippen molar-refractivity contribution >= 4 is 44.5 Å². The van der Waals surface area contributed by atoms with Crippen LogP contribution in [0.3, 0.4) is 0 Å². The zero-order valence-electron chi connectivity index (χ0n) is 13.0. The van der Waals surface area contributed by atoms with E-state index in [0.29, 0.717) is 21.0 Å². The van der Waals surface area contributed by atoms with Gasteiger partial charge in [-0.25, -0.2) is 19.4 Å². The number of amidine groups is 1. The van der Waals surface area contributed by atoms with Crippen LogP contribution in [-0.2, 0) is 5.54 Å². The summed E-state index contributed by atoms with van der Waals surface area (Å²) in [6.07, 6.45) is 4.53. The standard InChI is InChI=1S/C16H13BrFN5OS/c1-16(4-5-25-15(19)23-16)10-6-9(2-3-11(10)18)22-14(24)12-7-21-13(17)8-20-12/h2-8H,1H3,(H2,19,23)(H,22,24)/t16-/m0/s1. The lowest BCUT2D eigenvalue weighted by Gasteiger charge is -2.26. The van der Waals surface area contributed by atoms with E-state index >= 15 is 0 Å². The number of benzene rings is 1. The predicted octanol–water partition coefficient (Wildman–Crippen LogP) is 3.42. The summed E-state index contributed by atoms with van der Waals surface area (Å²) in [5.41, 5.74) is 5.71. The molecule has 0 fully saturated rings. The van der Waals surface area contributed by atoms with Gasteiger partial charge in [0.25, 0.3) is 5.91 Å². The van der Waals surface area contributed by atoms with E-state index in [1.165, 1.54) is 42.4 Å². The molecule has 1 amide bonds. The number of nitrogens with zero attached hydrogens (tertiary/aromatic N) is 3. The van der Waals surface area contributed by atoms with Gasteiger partial charge in [-0.1, -0.05) is 11.8 Å². The molecule has 2 heterocycles. The zero-order chi connectivity index (χ0) is 18.0. The number of nitrogens with one attached hydrogen (secondary N) is 1. The number of aliphatic imine (C=N–C) groups is 1. The summed E-state index contributed by atoms with van der Waals surface area (Å²) in [7, 11) is 0. The molecule has 0 radical (unpaired) electrons. The van der Waals surface area contributed by atoms with E-state index in [1.807, 2.05) is 0 Å². The van der Waals surface area contributed by atoms with Crippen molar-refractivity contribution in [3.8, 4) is 0 Å². The predicted molar refractivity (Wildman–Crippen MR) is 99.8 cm³/mol. The molecule has 0 bridgehead atoms. The Kier molecular flexibility index (Phi) is 4.87. The molecular weight excluding hydrogens is 409 g/mol. The Balaban J connectivity index is 1.89. The lowest BCUT2D eigenvalue weighted by molar-refractivity contribution is 0.102. The monoisotopic (exact) mass is 421 g/mol. The Morgan fingerprint density at radius 3 is 2.84 bits per heavy atom. The average molecular weight is 422 g/mol. The third kappa shape index (κ3) is 3.88. The largest absolute Gasteiger partial charge is 0.378 e. The molecule has 3 N–H and O–H groups in total. The second kappa shape index (κ2) is 6.93. The number of hydrogen-bond donors (Lipinski definition) is 2. The molecule has 1 aliphatic rings. The highest BCUT2D eigenvalue weighted by Gasteiger charge is 2.29. The number of rotatable bonds is 3. The SMILES string of the molecule is C[C@@]1(c2cc(NC(=O)c3cnc(Br)cn3)ccc2F)C=CSC(N)=N1. The van der Waals surface area contributed by atoms with Gasteiger partial charge < -0.3 is 11.1 Å². The molecule has 0 saturated carbocycles. The molecule has 0 aliphatic carbocycles. The van der Waals surface area contributed by atoms with Gasteiger partial charge in [-0.05, 0) is 52.5 Å². The Bertz CT molecular complexity index is 887. The fraction of sp³-hybridized carbons (Fsp3) is 0.125. The lowest BCUT2D eigenvalue weighted by atomic mass is 9.92. The van der Waals surface area contributed by atoms with Gasteiger partial charge in [0.05, 0.1) is 12.4 Å². The van der Waals surface area contributed by atoms with Crippen molar-refractivity contribution < 1.29 is 9.18 Å². The highest BCUT2D eigenvalue weighted by atomic mass is 79.9. The molecule has 0 unspecified atom stereocenters. The summed E-state index contributed by atoms with van der Waals surface area (Å²) < 4.78 is 14.9. The lowest BCUT2D eigenvalue weighted by Crippen LogP contribution is -2.25. The van der Waals surface area contributed by atoms with E-state index in [4.69, 9.17) is 5.73 Å². The van der Waals surface area contributed by atoms with Gasteiger partial charge in [-0.15, -0.1) is 0 Å². The maximum atomic E-state index is 14.3. The van der Waals surface area contributed by atoms with Gasteiger partial charge >= 0.3 is 0 Å². The molecule has 1 aromatic heterocycles. The summed E-state index contributed by atoms with van der Waals surface area (Å²) in [5.74, 6) is -0.877. The highest BCUT2D eigenvalue weighted by Crippen LogP contribution is 2.35. The van der Waals surface area contributed by atoms with Crippen molar-refractivity contribution in [2.45, 2.75) is 12.5 Å². The van der Waals surface area contributed by atoms with E-state index in [9.17, 15) is 9.18 Å². The minimum absolute atomic E-state index is 0.150. The number of carbonyl (C=O) groups is 1. The maximum absolute atomic E-state index is 14.3. The molecule has 1 aromatic carbocycles. The minimum Gasteiger partial charge on any atom is -0.378 e. The first kappa shape index (κ1) is 17.6. The van der Waals surface area contributed by atoms with Crippen molar-refractivity contribution in [3.63, 3.8) is 0 Å². The fourth-order valence-electron chi connectivity index (χ4n) is 2.29. The quantitative estimate of drug-likeness (QED) is 0.791. The summed E-state index contributed by atoms with van der Waals surface area (Å²) in [6.45, 7) is 1.75. The molecule has 6 nitrogen and oxygen atoms in total. The number of hydrogen-bond acceptors (Lipinski definition) is 6. The number of thioether (sulfide) groups is 1. The summed E-state index contributed by atoms with van der Waals surface area (Å²) in [4.78, 5) is 24.5. The molecular formula is C16H13BrFN5OS. The van der Waals surface area contributed by atoms with E-state index in [-0.39, 0.29) is 5.69 Å². The van der Waals surface area contributed by atoms with Crippen molar-refractivity contribution in [2.75, 3.05) is 5.32 Å². The Hall–Kier alpha value is -2.26. The molecule has 2 aromatic rings. The molecule has 1 aliphatic heterocycles. The van der Waals surface area contributed by atoms with Gasteiger partial charge in [-0.3, -0.25) is 4.79 Å². The number of aromatic nitrogens is 2. The van der Waals surface area contributed by atoms with Gasteiger partial charge in [0.15, 0.2) is 5.17 Å². The minimum atomic E-state index is -0.933. The maximum Gasteiger partial charge on any atom is 0.275 e. The number of nitrogens with two attached hydrogens (primary N) is 1. The Labute approximate surface area is 156 Å². The average Bonchev–Trinajstić information content (AvgIpc) is 2.57. The second-order valence-corrected chi connectivity index (χ2v) is 7.13. The Morgan fingerprint density at radius 2 is 2.16 bits per heavy atom. The molecule has 0 spiro atoms. The van der Waals surface area contributed by atoms with Gasteiger partial charge in [0, 0.05) is 11.3 Å². The van der Waals surface area contributed by atoms with Crippen LogP contribution >= 0.6 is 27.7 Å². The van der Waals surface area contributed by atoms with Crippen LogP contribution in [-0.4, -0.2) is 21.0 Å². The number of halogens is 2. The van der Waals surface area contributed by atoms with Crippen molar-refractivity contribution in [1.82, 2.24) is 9.97 Å². The van der Waals surface area contributed by atoms with Crippen LogP contribution in [0.5, 0.6) is 0 Å². The van der Waals surface area contributed by atoms with Gasteiger partial charge in [0.1, 0.15) is 21.7 Å². The van der Waals surface area contributed by atoms with E-state index in [0.717, 1.165) is 0 Å². The summed E-state index contributed by atoms with van der Waals surface area (Å²) in [6, 6.07) is 4.29. The van der Waals surface area contributed by atoms with Gasteiger partial charge in [-0.2, -0.15) is 0 Å². The van der Waals surface area contributed by atoms with Crippen molar-refractivity contribution in [2.24, 2.45) is 10.7 Å². The van der Waals surface area contributed by atoms with Crippen LogP contribution in [0.15, 0.2) is 51.7 Å². The third-order valence-corrected chi connectivity index (χ3v) is 4.56. The van der Waals surface area contributed by atoms with E-state index < -0.39 is 17.3 Å². The topological polar surface area (TPSA) is 93.3 Å². The summed E-state index contributed by atoms with van der Waals surface area (Å²) >= 11 is 4.43. The normalized spacial score (nSPS) is 19.4. The Morgan fingerprint density at radius 1 is 1.36 bits per heavy atom. The molecule has 3 rings (SSSR count). The third-order valence-electron chi connectivity index (χ3n) is 3.55. The van der Waals surface area contributed by atoms with Crippen LogP contribution in [0.25, 0.3) is 0 Å². The fourth-order valence-corrected chi connectivity index (χ4v) is 3.21. The zero-order valence-corrected chi connectivity index (χ0v) is 15.4. The van der Waals surface area contributed by atoms with Crippen molar-refractivity contribution in [3.05, 3.63) is 63.8 Å². The van der Waals surface area contributed by atoms with Crippen LogP contribution in [0.2, 0.25) is 0 Å². The van der Waals surface area contributed by atoms with E-state index in [1.54, 1.807) is 18.4 Å². The molecule has 128 valence electrons. The number of carbonyl (C=O) groups excluding carboxylic acids is 1.